The summed E-state index contributed by atoms with van der Waals surface area (Å²) in [5.74, 6) is -0.848. The second kappa shape index (κ2) is 5.43. The van der Waals surface area contributed by atoms with Crippen molar-refractivity contribution in [1.29, 1.82) is 0 Å². The van der Waals surface area contributed by atoms with Crippen LogP contribution in [0.4, 0.5) is 0 Å². The maximum Gasteiger partial charge on any atom is 0.302 e. The van der Waals surface area contributed by atoms with Crippen LogP contribution in [0.1, 0.15) is 13.8 Å². The van der Waals surface area contributed by atoms with Crippen molar-refractivity contribution < 1.29 is 23.8 Å². The number of ether oxygens (including phenoxy) is 3. The Balaban J connectivity index is 2.28. The molecular formula is C10H14N4O5. The van der Waals surface area contributed by atoms with E-state index in [1.165, 1.54) is 13.8 Å². The molecule has 9 heteroatoms. The number of carbonyl (C=O) groups is 2. The lowest BCUT2D eigenvalue weighted by molar-refractivity contribution is -0.178. The lowest BCUT2D eigenvalue weighted by Gasteiger charge is -2.38. The smallest absolute Gasteiger partial charge is 0.302 e. The zero-order valence-electron chi connectivity index (χ0n) is 10.5. The fourth-order valence-corrected chi connectivity index (χ4v) is 2.31. The van der Waals surface area contributed by atoms with Gasteiger partial charge in [-0.15, -0.1) is 0 Å². The summed E-state index contributed by atoms with van der Waals surface area (Å²) in [5.41, 5.74) is 8.60. The van der Waals surface area contributed by atoms with Crippen LogP contribution in [-0.4, -0.2) is 49.1 Å². The van der Waals surface area contributed by atoms with Crippen LogP contribution >= 0.6 is 0 Å². The van der Waals surface area contributed by atoms with Crippen LogP contribution in [0.5, 0.6) is 0 Å². The molecule has 2 aliphatic heterocycles. The second-order valence-corrected chi connectivity index (χ2v) is 4.37. The molecule has 1 amide bonds. The van der Waals surface area contributed by atoms with Gasteiger partial charge in [-0.1, -0.05) is 5.11 Å². The van der Waals surface area contributed by atoms with E-state index >= 15 is 0 Å². The van der Waals surface area contributed by atoms with Crippen molar-refractivity contribution in [2.45, 2.75) is 44.4 Å². The highest BCUT2D eigenvalue weighted by Crippen LogP contribution is 2.32. The summed E-state index contributed by atoms with van der Waals surface area (Å²) in [7, 11) is 0. The number of nitrogens with one attached hydrogen (secondary N) is 1. The van der Waals surface area contributed by atoms with E-state index in [2.05, 4.69) is 15.3 Å². The molecule has 0 aromatic rings. The van der Waals surface area contributed by atoms with Gasteiger partial charge >= 0.3 is 5.97 Å². The fraction of sp³-hybridized carbons (Fsp3) is 0.800. The topological polar surface area (TPSA) is 123 Å². The number of rotatable bonds is 3. The molecule has 0 spiro atoms. The number of carbonyl (C=O) groups excluding carboxylic acids is 2. The minimum atomic E-state index is -0.802. The van der Waals surface area contributed by atoms with E-state index in [0.29, 0.717) is 0 Å². The summed E-state index contributed by atoms with van der Waals surface area (Å²) < 4.78 is 16.0. The van der Waals surface area contributed by atoms with E-state index in [0.717, 1.165) is 0 Å². The zero-order valence-corrected chi connectivity index (χ0v) is 10.5. The maximum atomic E-state index is 11.2. The third-order valence-electron chi connectivity index (χ3n) is 2.96. The number of hydrogen-bond donors (Lipinski definition) is 1. The molecule has 2 rings (SSSR count). The van der Waals surface area contributed by atoms with Gasteiger partial charge in [-0.05, 0) is 5.53 Å². The molecule has 9 nitrogen and oxygen atoms in total. The molecule has 0 radical (unpaired) electrons. The molecule has 5 atom stereocenters. The first kappa shape index (κ1) is 13.6. The number of nitrogens with zero attached hydrogens (tertiary/aromatic N) is 3. The Morgan fingerprint density at radius 2 is 2.21 bits per heavy atom. The van der Waals surface area contributed by atoms with Crippen LogP contribution in [0.15, 0.2) is 5.11 Å². The molecule has 0 aromatic carbocycles. The van der Waals surface area contributed by atoms with Gasteiger partial charge in [-0.25, -0.2) is 0 Å². The third kappa shape index (κ3) is 2.78. The highest BCUT2D eigenvalue weighted by atomic mass is 16.7. The molecule has 0 aliphatic carbocycles. The van der Waals surface area contributed by atoms with Crippen molar-refractivity contribution in [3.63, 3.8) is 0 Å². The predicted molar refractivity (Wildman–Crippen MR) is 60.7 cm³/mol. The first-order chi connectivity index (χ1) is 9.02. The fourth-order valence-electron chi connectivity index (χ4n) is 2.31. The Hall–Kier alpha value is -1.83. The van der Waals surface area contributed by atoms with Crippen LogP contribution in [-0.2, 0) is 23.8 Å². The molecule has 2 bridgehead atoms. The largest absolute Gasteiger partial charge is 0.460 e. The normalized spacial score (nSPS) is 36.2. The van der Waals surface area contributed by atoms with Crippen molar-refractivity contribution in [3.8, 4) is 0 Å². The molecule has 2 saturated heterocycles. The maximum absolute atomic E-state index is 11.2. The monoisotopic (exact) mass is 270 g/mol. The summed E-state index contributed by atoms with van der Waals surface area (Å²) in [6, 6.07) is -1.43. The second-order valence-electron chi connectivity index (χ2n) is 4.37. The van der Waals surface area contributed by atoms with Crippen LogP contribution in [0.25, 0.3) is 10.4 Å². The van der Waals surface area contributed by atoms with E-state index in [9.17, 15) is 9.59 Å². The Morgan fingerprint density at radius 3 is 2.79 bits per heavy atom. The Morgan fingerprint density at radius 1 is 1.47 bits per heavy atom. The average Bonchev–Trinajstić information content (AvgIpc) is 2.74. The van der Waals surface area contributed by atoms with Crippen LogP contribution in [0.3, 0.4) is 0 Å². The highest BCUT2D eigenvalue weighted by molar-refractivity contribution is 5.73. The number of azide groups is 1. The van der Waals surface area contributed by atoms with Crippen molar-refractivity contribution in [1.82, 2.24) is 5.32 Å². The highest BCUT2D eigenvalue weighted by Gasteiger charge is 2.52. The summed E-state index contributed by atoms with van der Waals surface area (Å²) in [6.45, 7) is 2.80. The molecule has 104 valence electrons. The molecule has 0 saturated carbocycles. The Bertz CT molecular complexity index is 436. The molecule has 19 heavy (non-hydrogen) atoms. The number of esters is 1. The van der Waals surface area contributed by atoms with Gasteiger partial charge in [-0.2, -0.15) is 0 Å². The predicted octanol–water partition coefficient (Wildman–Crippen LogP) is -0.143. The van der Waals surface area contributed by atoms with Gasteiger partial charge in [0.05, 0.1) is 12.7 Å². The lowest BCUT2D eigenvalue weighted by Crippen LogP contribution is -2.61. The molecule has 2 heterocycles. The third-order valence-corrected chi connectivity index (χ3v) is 2.96. The van der Waals surface area contributed by atoms with Crippen molar-refractivity contribution in [2.75, 3.05) is 6.61 Å². The van der Waals surface area contributed by atoms with Gasteiger partial charge in [0, 0.05) is 18.8 Å². The first-order valence-electron chi connectivity index (χ1n) is 5.78. The van der Waals surface area contributed by atoms with E-state index in [1.807, 2.05) is 0 Å². The van der Waals surface area contributed by atoms with Crippen molar-refractivity contribution in [2.24, 2.45) is 5.11 Å². The minimum Gasteiger partial charge on any atom is -0.460 e. The summed E-state index contributed by atoms with van der Waals surface area (Å²) in [6.07, 6.45) is -1.98. The molecule has 0 unspecified atom stereocenters. The van der Waals surface area contributed by atoms with Crippen LogP contribution < -0.4 is 5.32 Å². The molecule has 1 N–H and O–H groups in total. The van der Waals surface area contributed by atoms with E-state index in [1.54, 1.807) is 0 Å². The molecule has 2 aliphatic rings. The van der Waals surface area contributed by atoms with Gasteiger partial charge in [0.15, 0.2) is 6.29 Å². The number of hydrogen-bond acceptors (Lipinski definition) is 6. The molecule has 0 aromatic heterocycles. The average molecular weight is 270 g/mol. The molecule has 2 fully saturated rings. The first-order valence-corrected chi connectivity index (χ1v) is 5.78. The summed E-state index contributed by atoms with van der Waals surface area (Å²) >= 11 is 0. The minimum absolute atomic E-state index is 0.224. The quantitative estimate of drug-likeness (QED) is 0.331. The molecular weight excluding hydrogens is 256 g/mol. The summed E-state index contributed by atoms with van der Waals surface area (Å²) in [5, 5.41) is 6.21. The standard InChI is InChI=1S/C10H14N4O5/c1-4(15)12-8-9(18-5(2)16)7(13-14-11)6-3-17-10(8)19-6/h6-10H,3H2,1-2H3,(H,12,15)/t6-,7-,8+,9+,10-/m1/s1. The van der Waals surface area contributed by atoms with E-state index < -0.39 is 36.6 Å². The van der Waals surface area contributed by atoms with Gasteiger partial charge < -0.3 is 19.5 Å². The van der Waals surface area contributed by atoms with Gasteiger partial charge in [0.2, 0.25) is 5.91 Å². The van der Waals surface area contributed by atoms with Crippen molar-refractivity contribution in [3.05, 3.63) is 10.4 Å². The van der Waals surface area contributed by atoms with Crippen LogP contribution in [0, 0.1) is 0 Å². The Labute approximate surface area is 108 Å². The van der Waals surface area contributed by atoms with E-state index in [-0.39, 0.29) is 12.5 Å². The van der Waals surface area contributed by atoms with Crippen LogP contribution in [0.2, 0.25) is 0 Å². The van der Waals surface area contributed by atoms with E-state index in [4.69, 9.17) is 19.7 Å². The Kier molecular flexibility index (Phi) is 3.89. The van der Waals surface area contributed by atoms with Gasteiger partial charge in [0.25, 0.3) is 0 Å². The summed E-state index contributed by atoms with van der Waals surface area (Å²) in [4.78, 5) is 25.1. The van der Waals surface area contributed by atoms with Crippen molar-refractivity contribution >= 4 is 11.9 Å². The number of fused-ring (bicyclic) bond motifs is 2. The van der Waals surface area contributed by atoms with Gasteiger partial charge in [-0.3, -0.25) is 9.59 Å². The lowest BCUT2D eigenvalue weighted by atomic mass is 9.96. The number of amides is 1. The van der Waals surface area contributed by atoms with Gasteiger partial charge in [0.1, 0.15) is 18.2 Å². The SMILES string of the molecule is CC(=O)N[C@@H]1[C@@H]2OC[C@@H](O2)[C@@H](N=[N+]=[N-])[C@@H]1OC(C)=O. The zero-order chi connectivity index (χ0) is 14.0.